The Morgan fingerprint density at radius 2 is 1.91 bits per heavy atom. The molecular weight excluding hydrogens is 418 g/mol. The minimum Gasteiger partial charge on any atom is -0.494 e. The van der Waals surface area contributed by atoms with Crippen LogP contribution in [0, 0.1) is 0 Å². The maximum Gasteiger partial charge on any atom is 0.219 e. The summed E-state index contributed by atoms with van der Waals surface area (Å²) in [5.41, 5.74) is 3.94. The van der Waals surface area contributed by atoms with E-state index in [0.717, 1.165) is 64.5 Å². The van der Waals surface area contributed by atoms with Crippen LogP contribution in [-0.2, 0) is 17.8 Å². The van der Waals surface area contributed by atoms with Gasteiger partial charge in [0.25, 0.3) is 0 Å². The molecule has 0 bridgehead atoms. The first kappa shape index (κ1) is 21.3. The zero-order valence-electron chi connectivity index (χ0n) is 18.8. The third-order valence-corrected chi connectivity index (χ3v) is 7.59. The Kier molecular flexibility index (Phi) is 6.32. The van der Waals surface area contributed by atoms with Crippen molar-refractivity contribution in [3.8, 4) is 5.75 Å². The number of hydrogen-bond donors (Lipinski definition) is 0. The van der Waals surface area contributed by atoms with Crippen LogP contribution in [0.4, 0.5) is 5.69 Å². The Balaban J connectivity index is 1.07. The molecule has 3 aromatic rings. The van der Waals surface area contributed by atoms with E-state index in [2.05, 4.69) is 57.6 Å². The van der Waals surface area contributed by atoms with Gasteiger partial charge < -0.3 is 14.5 Å². The first-order chi connectivity index (χ1) is 15.7. The number of hydrogen-bond acceptors (Lipinski definition) is 5. The van der Waals surface area contributed by atoms with Crippen LogP contribution >= 0.6 is 11.3 Å². The van der Waals surface area contributed by atoms with Crippen molar-refractivity contribution in [2.24, 2.45) is 0 Å². The maximum absolute atomic E-state index is 11.7. The lowest BCUT2D eigenvalue weighted by atomic mass is 9.99. The van der Waals surface area contributed by atoms with Gasteiger partial charge in [-0.2, -0.15) is 0 Å². The molecule has 0 aliphatic carbocycles. The van der Waals surface area contributed by atoms with Crippen LogP contribution in [0.5, 0.6) is 5.75 Å². The number of ether oxygens (including phenoxy) is 1. The number of carbonyl (C=O) groups is 1. The van der Waals surface area contributed by atoms with Crippen molar-refractivity contribution in [1.29, 1.82) is 0 Å². The van der Waals surface area contributed by atoms with Gasteiger partial charge in [-0.3, -0.25) is 9.69 Å². The summed E-state index contributed by atoms with van der Waals surface area (Å²) in [6.07, 6.45) is 1.96. The number of nitrogens with zero attached hydrogens (tertiary/aromatic N) is 3. The largest absolute Gasteiger partial charge is 0.494 e. The molecule has 3 heterocycles. The summed E-state index contributed by atoms with van der Waals surface area (Å²) in [7, 11) is 0. The summed E-state index contributed by atoms with van der Waals surface area (Å²) in [5, 5.41) is 3.57. The molecule has 5 rings (SSSR count). The van der Waals surface area contributed by atoms with E-state index in [0.29, 0.717) is 6.54 Å². The van der Waals surface area contributed by atoms with Crippen molar-refractivity contribution in [1.82, 2.24) is 9.80 Å². The first-order valence-corrected chi connectivity index (χ1v) is 12.5. The van der Waals surface area contributed by atoms with Crippen LogP contribution in [-0.4, -0.2) is 61.6 Å². The number of benzene rings is 2. The van der Waals surface area contributed by atoms with E-state index >= 15 is 0 Å². The smallest absolute Gasteiger partial charge is 0.219 e. The van der Waals surface area contributed by atoms with E-state index in [1.165, 1.54) is 26.9 Å². The Bertz CT molecular complexity index is 1090. The highest BCUT2D eigenvalue weighted by molar-refractivity contribution is 7.17. The molecule has 1 amide bonds. The average molecular weight is 450 g/mol. The Hall–Kier alpha value is -2.57. The molecule has 2 aliphatic rings. The second-order valence-electron chi connectivity index (χ2n) is 8.76. The standard InChI is InChI=1S/C26H31N3O2S/c1-20(30)29-11-8-21-6-7-23(18-22(21)19-29)31-16-3-10-27-12-14-28(15-13-27)25-4-2-5-26-24(25)9-17-32-26/h2,4-7,9,17-18H,3,8,10-16,19H2,1H3. The summed E-state index contributed by atoms with van der Waals surface area (Å²) in [4.78, 5) is 18.7. The highest BCUT2D eigenvalue weighted by atomic mass is 32.1. The fourth-order valence-corrected chi connectivity index (χ4v) is 5.64. The molecule has 0 spiro atoms. The Morgan fingerprint density at radius 3 is 2.75 bits per heavy atom. The number of carbonyl (C=O) groups excluding carboxylic acids is 1. The molecule has 1 saturated heterocycles. The fourth-order valence-electron chi connectivity index (χ4n) is 4.84. The molecule has 1 aromatic heterocycles. The number of thiophene rings is 1. The number of fused-ring (bicyclic) bond motifs is 2. The molecule has 168 valence electrons. The molecule has 0 saturated carbocycles. The molecule has 0 N–H and O–H groups in total. The third kappa shape index (κ3) is 4.62. The van der Waals surface area contributed by atoms with Gasteiger partial charge in [0.15, 0.2) is 0 Å². The van der Waals surface area contributed by atoms with Gasteiger partial charge in [-0.15, -0.1) is 11.3 Å². The van der Waals surface area contributed by atoms with Gasteiger partial charge in [0.1, 0.15) is 5.75 Å². The highest BCUT2D eigenvalue weighted by Crippen LogP contribution is 2.31. The number of amides is 1. The van der Waals surface area contributed by atoms with E-state index < -0.39 is 0 Å². The monoisotopic (exact) mass is 449 g/mol. The van der Waals surface area contributed by atoms with E-state index in [4.69, 9.17) is 4.74 Å². The van der Waals surface area contributed by atoms with Crippen molar-refractivity contribution >= 4 is 33.0 Å². The van der Waals surface area contributed by atoms with Gasteiger partial charge >= 0.3 is 0 Å². The van der Waals surface area contributed by atoms with Crippen molar-refractivity contribution in [3.05, 3.63) is 59.0 Å². The quantitative estimate of drug-likeness (QED) is 0.523. The van der Waals surface area contributed by atoms with Gasteiger partial charge in [-0.1, -0.05) is 12.1 Å². The summed E-state index contributed by atoms with van der Waals surface area (Å²) in [5.74, 6) is 1.07. The lowest BCUT2D eigenvalue weighted by Gasteiger charge is -2.36. The molecule has 0 radical (unpaired) electrons. The van der Waals surface area contributed by atoms with Crippen LogP contribution in [0.1, 0.15) is 24.5 Å². The number of anilines is 1. The predicted octanol–water partition coefficient (Wildman–Crippen LogP) is 4.40. The topological polar surface area (TPSA) is 36.0 Å². The lowest BCUT2D eigenvalue weighted by molar-refractivity contribution is -0.129. The van der Waals surface area contributed by atoms with Crippen molar-refractivity contribution in [2.75, 3.05) is 50.8 Å². The van der Waals surface area contributed by atoms with Crippen LogP contribution in [0.3, 0.4) is 0 Å². The molecule has 2 aliphatic heterocycles. The van der Waals surface area contributed by atoms with E-state index in [-0.39, 0.29) is 5.91 Å². The summed E-state index contributed by atoms with van der Waals surface area (Å²) in [6, 6.07) is 15.2. The van der Waals surface area contributed by atoms with Crippen LogP contribution in [0.2, 0.25) is 0 Å². The minimum absolute atomic E-state index is 0.147. The van der Waals surface area contributed by atoms with E-state index in [9.17, 15) is 4.79 Å². The van der Waals surface area contributed by atoms with Crippen LogP contribution in [0.15, 0.2) is 47.8 Å². The van der Waals surface area contributed by atoms with E-state index in [1.54, 1.807) is 6.92 Å². The summed E-state index contributed by atoms with van der Waals surface area (Å²) in [6.45, 7) is 9.31. The second-order valence-corrected chi connectivity index (χ2v) is 9.71. The maximum atomic E-state index is 11.7. The molecular formula is C26H31N3O2S. The Labute approximate surface area is 194 Å². The molecule has 1 fully saturated rings. The molecule has 2 aromatic carbocycles. The normalized spacial score (nSPS) is 16.9. The molecule has 0 unspecified atom stereocenters. The zero-order valence-corrected chi connectivity index (χ0v) is 19.6. The molecule has 6 heteroatoms. The number of rotatable bonds is 6. The van der Waals surface area contributed by atoms with Gasteiger partial charge in [-0.05, 0) is 59.7 Å². The molecule has 5 nitrogen and oxygen atoms in total. The fraction of sp³-hybridized carbons (Fsp3) is 0.423. The van der Waals surface area contributed by atoms with Gasteiger partial charge in [0.05, 0.1) is 6.61 Å². The SMILES string of the molecule is CC(=O)N1CCc2ccc(OCCCN3CCN(c4cccc5sccc45)CC3)cc2C1. The zero-order chi connectivity index (χ0) is 21.9. The predicted molar refractivity (Wildman–Crippen MR) is 132 cm³/mol. The van der Waals surface area contributed by atoms with Crippen molar-refractivity contribution in [3.63, 3.8) is 0 Å². The lowest BCUT2D eigenvalue weighted by Crippen LogP contribution is -2.46. The summed E-state index contributed by atoms with van der Waals surface area (Å²) < 4.78 is 7.42. The highest BCUT2D eigenvalue weighted by Gasteiger charge is 2.20. The van der Waals surface area contributed by atoms with E-state index in [1.807, 2.05) is 16.2 Å². The van der Waals surface area contributed by atoms with Crippen molar-refractivity contribution in [2.45, 2.75) is 26.3 Å². The van der Waals surface area contributed by atoms with Gasteiger partial charge in [0.2, 0.25) is 5.91 Å². The average Bonchev–Trinajstić information content (AvgIpc) is 3.31. The first-order valence-electron chi connectivity index (χ1n) is 11.6. The van der Waals surface area contributed by atoms with Crippen LogP contribution in [0.25, 0.3) is 10.1 Å². The van der Waals surface area contributed by atoms with Crippen molar-refractivity contribution < 1.29 is 9.53 Å². The minimum atomic E-state index is 0.147. The molecule has 32 heavy (non-hydrogen) atoms. The number of piperazine rings is 1. The summed E-state index contributed by atoms with van der Waals surface area (Å²) >= 11 is 1.82. The van der Waals surface area contributed by atoms with Gasteiger partial charge in [-0.25, -0.2) is 0 Å². The van der Waals surface area contributed by atoms with Gasteiger partial charge in [0, 0.05) is 68.5 Å². The third-order valence-electron chi connectivity index (χ3n) is 6.71. The Morgan fingerprint density at radius 1 is 1.03 bits per heavy atom. The second kappa shape index (κ2) is 9.51. The molecule has 0 atom stereocenters. The van der Waals surface area contributed by atoms with Crippen LogP contribution < -0.4 is 9.64 Å².